The maximum atomic E-state index is 13.9. The molecule has 0 saturated carbocycles. The Morgan fingerprint density at radius 3 is 2.77 bits per heavy atom. The first-order valence-electron chi connectivity index (χ1n) is 7.64. The Morgan fingerprint density at radius 1 is 1.23 bits per heavy atom. The van der Waals surface area contributed by atoms with Gasteiger partial charge in [0.2, 0.25) is 0 Å². The Morgan fingerprint density at radius 2 is 2.00 bits per heavy atom. The van der Waals surface area contributed by atoms with Crippen LogP contribution >= 0.6 is 0 Å². The summed E-state index contributed by atoms with van der Waals surface area (Å²) in [5.41, 5.74) is 2.39. The molecule has 0 unspecified atom stereocenters. The summed E-state index contributed by atoms with van der Waals surface area (Å²) < 4.78 is 27.9. The summed E-state index contributed by atoms with van der Waals surface area (Å²) in [5, 5.41) is 0. The van der Waals surface area contributed by atoms with Crippen LogP contribution in [-0.2, 0) is 13.0 Å². The van der Waals surface area contributed by atoms with Gasteiger partial charge in [-0.1, -0.05) is 6.07 Å². The first kappa shape index (κ1) is 13.8. The largest absolute Gasteiger partial charge is 0.288 e. The summed E-state index contributed by atoms with van der Waals surface area (Å²) >= 11 is 0. The Hall–Kier alpha value is -1.88. The third kappa shape index (κ3) is 2.11. The molecule has 3 heterocycles. The fourth-order valence-corrected chi connectivity index (χ4v) is 3.79. The van der Waals surface area contributed by atoms with Gasteiger partial charge in [0.15, 0.2) is 0 Å². The van der Waals surface area contributed by atoms with E-state index in [2.05, 4.69) is 14.9 Å². The molecule has 0 aliphatic carbocycles. The minimum Gasteiger partial charge on any atom is -0.288 e. The van der Waals surface area contributed by atoms with Gasteiger partial charge in [-0.2, -0.15) is 0 Å². The van der Waals surface area contributed by atoms with Crippen LogP contribution in [0.4, 0.5) is 8.78 Å². The predicted molar refractivity (Wildman–Crippen MR) is 78.1 cm³/mol. The number of fused-ring (bicyclic) bond motifs is 4. The van der Waals surface area contributed by atoms with Crippen molar-refractivity contribution in [1.29, 1.82) is 0 Å². The van der Waals surface area contributed by atoms with Gasteiger partial charge in [0.05, 0.1) is 5.69 Å². The molecule has 4 rings (SSSR count). The molecule has 22 heavy (non-hydrogen) atoms. The Kier molecular flexibility index (Phi) is 3.18. The molecule has 1 fully saturated rings. The van der Waals surface area contributed by atoms with Crippen molar-refractivity contribution >= 4 is 0 Å². The summed E-state index contributed by atoms with van der Waals surface area (Å²) in [5.74, 6) is -0.151. The van der Waals surface area contributed by atoms with Crippen LogP contribution in [0.25, 0.3) is 0 Å². The van der Waals surface area contributed by atoms with E-state index in [1.807, 2.05) is 13.1 Å². The second-order valence-corrected chi connectivity index (χ2v) is 6.14. The second kappa shape index (κ2) is 5.09. The summed E-state index contributed by atoms with van der Waals surface area (Å²) in [6.07, 6.45) is 4.76. The maximum Gasteiger partial charge on any atom is 0.130 e. The van der Waals surface area contributed by atoms with Gasteiger partial charge in [0.25, 0.3) is 0 Å². The highest BCUT2D eigenvalue weighted by Crippen LogP contribution is 2.43. The van der Waals surface area contributed by atoms with Gasteiger partial charge in [-0.25, -0.2) is 18.7 Å². The van der Waals surface area contributed by atoms with Gasteiger partial charge >= 0.3 is 0 Å². The van der Waals surface area contributed by atoms with E-state index in [4.69, 9.17) is 0 Å². The highest BCUT2D eigenvalue weighted by molar-refractivity contribution is 5.30. The van der Waals surface area contributed by atoms with E-state index in [1.54, 1.807) is 0 Å². The standard InChI is InChI=1S/C17H17F2N3/c1-10-20-8-12-16(21-10)7-11-5-6-17(12)22(11)9-13-14(18)3-2-4-15(13)19/h2-4,8,11,17H,5-7,9H2,1H3/t11-,17-/m0/s1. The number of halogens is 2. The third-order valence-corrected chi connectivity index (χ3v) is 4.85. The molecule has 2 aliphatic heterocycles. The summed E-state index contributed by atoms with van der Waals surface area (Å²) in [6, 6.07) is 4.54. The van der Waals surface area contributed by atoms with E-state index in [-0.39, 0.29) is 11.6 Å². The second-order valence-electron chi connectivity index (χ2n) is 6.14. The zero-order chi connectivity index (χ0) is 15.3. The molecule has 114 valence electrons. The lowest BCUT2D eigenvalue weighted by atomic mass is 9.98. The quantitative estimate of drug-likeness (QED) is 0.852. The van der Waals surface area contributed by atoms with Gasteiger partial charge in [-0.3, -0.25) is 4.90 Å². The lowest BCUT2D eigenvalue weighted by Gasteiger charge is -2.35. The smallest absolute Gasteiger partial charge is 0.130 e. The lowest BCUT2D eigenvalue weighted by molar-refractivity contribution is 0.161. The average molecular weight is 301 g/mol. The summed E-state index contributed by atoms with van der Waals surface area (Å²) in [6.45, 7) is 2.20. The molecule has 2 aliphatic rings. The van der Waals surface area contributed by atoms with E-state index in [9.17, 15) is 8.78 Å². The van der Waals surface area contributed by atoms with Crippen LogP contribution in [0.3, 0.4) is 0 Å². The van der Waals surface area contributed by atoms with Crippen LogP contribution in [0.5, 0.6) is 0 Å². The van der Waals surface area contributed by atoms with Crippen molar-refractivity contribution in [2.45, 2.75) is 44.8 Å². The van der Waals surface area contributed by atoms with Crippen molar-refractivity contribution in [2.24, 2.45) is 0 Å². The fourth-order valence-electron chi connectivity index (χ4n) is 3.79. The van der Waals surface area contributed by atoms with E-state index in [0.29, 0.717) is 12.6 Å². The van der Waals surface area contributed by atoms with Crippen molar-refractivity contribution in [1.82, 2.24) is 14.9 Å². The maximum absolute atomic E-state index is 13.9. The average Bonchev–Trinajstić information content (AvgIpc) is 2.76. The number of aryl methyl sites for hydroxylation is 1. The van der Waals surface area contributed by atoms with Crippen LogP contribution in [0.1, 0.15) is 41.5 Å². The van der Waals surface area contributed by atoms with Crippen molar-refractivity contribution in [3.8, 4) is 0 Å². The van der Waals surface area contributed by atoms with Gasteiger partial charge in [0.1, 0.15) is 17.5 Å². The van der Waals surface area contributed by atoms with Gasteiger partial charge in [-0.05, 0) is 31.9 Å². The van der Waals surface area contributed by atoms with Crippen LogP contribution in [0.15, 0.2) is 24.4 Å². The van der Waals surface area contributed by atoms with Gasteiger partial charge in [-0.15, -0.1) is 0 Å². The zero-order valence-corrected chi connectivity index (χ0v) is 12.4. The Bertz CT molecular complexity index is 712. The van der Waals surface area contributed by atoms with E-state index in [1.165, 1.54) is 18.2 Å². The van der Waals surface area contributed by atoms with E-state index >= 15 is 0 Å². The van der Waals surface area contributed by atoms with Crippen molar-refractivity contribution in [2.75, 3.05) is 0 Å². The van der Waals surface area contributed by atoms with Crippen LogP contribution in [-0.4, -0.2) is 20.9 Å². The molecule has 2 aromatic rings. The van der Waals surface area contributed by atoms with Crippen molar-refractivity contribution in [3.05, 3.63) is 58.7 Å². The number of nitrogens with zero attached hydrogens (tertiary/aromatic N) is 3. The Labute approximate surface area is 128 Å². The molecule has 1 aromatic heterocycles. The molecular formula is C17H17F2N3. The predicted octanol–water partition coefficient (Wildman–Crippen LogP) is 3.33. The minimum atomic E-state index is -0.467. The zero-order valence-electron chi connectivity index (χ0n) is 12.4. The molecule has 2 bridgehead atoms. The van der Waals surface area contributed by atoms with Crippen molar-refractivity contribution < 1.29 is 8.78 Å². The molecule has 2 atom stereocenters. The SMILES string of the molecule is Cc1ncc2c(n1)C[C@@H]1CC[C@@H]2N1Cc1c(F)cccc1F. The number of hydrogen-bond acceptors (Lipinski definition) is 3. The van der Waals surface area contributed by atoms with Crippen LogP contribution in [0, 0.1) is 18.6 Å². The summed E-state index contributed by atoms with van der Waals surface area (Å²) in [7, 11) is 0. The van der Waals surface area contributed by atoms with Gasteiger partial charge < -0.3 is 0 Å². The highest BCUT2D eigenvalue weighted by atomic mass is 19.1. The summed E-state index contributed by atoms with van der Waals surface area (Å²) in [4.78, 5) is 11.1. The molecule has 3 nitrogen and oxygen atoms in total. The number of hydrogen-bond donors (Lipinski definition) is 0. The van der Waals surface area contributed by atoms with Crippen LogP contribution < -0.4 is 0 Å². The lowest BCUT2D eigenvalue weighted by Crippen LogP contribution is -2.38. The molecule has 0 spiro atoms. The first-order valence-corrected chi connectivity index (χ1v) is 7.64. The molecule has 0 amide bonds. The van der Waals surface area contributed by atoms with E-state index < -0.39 is 11.6 Å². The minimum absolute atomic E-state index is 0.163. The molecular weight excluding hydrogens is 284 g/mol. The first-order chi connectivity index (χ1) is 10.6. The topological polar surface area (TPSA) is 29.0 Å². The van der Waals surface area contributed by atoms with Crippen LogP contribution in [0.2, 0.25) is 0 Å². The monoisotopic (exact) mass is 301 g/mol. The fraction of sp³-hybridized carbons (Fsp3) is 0.412. The molecule has 1 saturated heterocycles. The molecule has 0 N–H and O–H groups in total. The molecule has 1 aromatic carbocycles. The van der Waals surface area contributed by atoms with Gasteiger partial charge in [0, 0.05) is 42.4 Å². The van der Waals surface area contributed by atoms with Crippen molar-refractivity contribution in [3.63, 3.8) is 0 Å². The highest BCUT2D eigenvalue weighted by Gasteiger charge is 2.41. The number of rotatable bonds is 2. The molecule has 5 heteroatoms. The Balaban J connectivity index is 1.69. The normalized spacial score (nSPS) is 23.6. The van der Waals surface area contributed by atoms with E-state index in [0.717, 1.165) is 36.3 Å². The number of aromatic nitrogens is 2. The molecule has 0 radical (unpaired) electrons. The third-order valence-electron chi connectivity index (χ3n) is 4.85. The number of benzene rings is 1.